The summed E-state index contributed by atoms with van der Waals surface area (Å²) >= 11 is 0. The average Bonchev–Trinajstić information content (AvgIpc) is 2.01. The van der Waals surface area contributed by atoms with Crippen molar-refractivity contribution in [3.63, 3.8) is 0 Å². The molecule has 0 aliphatic carbocycles. The summed E-state index contributed by atoms with van der Waals surface area (Å²) in [5, 5.41) is 3.27. The van der Waals surface area contributed by atoms with Crippen molar-refractivity contribution in [2.45, 2.75) is 33.1 Å². The van der Waals surface area contributed by atoms with Gasteiger partial charge in [-0.15, -0.1) is 0 Å². The van der Waals surface area contributed by atoms with Gasteiger partial charge in [0.15, 0.2) is 0 Å². The van der Waals surface area contributed by atoms with Gasteiger partial charge in [-0.25, -0.2) is 0 Å². The molecule has 1 N–H and O–H groups in total. The molecule has 2 heteroatoms. The van der Waals surface area contributed by atoms with E-state index in [0.717, 1.165) is 25.8 Å². The molecule has 0 aromatic heterocycles. The molecular weight excluding hydrogens is 138 g/mol. The molecule has 0 aromatic carbocycles. The number of carbonyl (C=O) groups is 1. The molecule has 0 aliphatic heterocycles. The normalized spacial score (nSPS) is 12.9. The van der Waals surface area contributed by atoms with Crippen molar-refractivity contribution in [3.8, 4) is 0 Å². The Bertz CT molecular complexity index is 93.6. The maximum Gasteiger partial charge on any atom is 0.120 e. The molecule has 0 bridgehead atoms. The molecule has 0 aliphatic rings. The summed E-state index contributed by atoms with van der Waals surface area (Å²) in [7, 11) is 0. The topological polar surface area (TPSA) is 29.1 Å². The first-order valence-electron chi connectivity index (χ1n) is 4.45. The van der Waals surface area contributed by atoms with E-state index >= 15 is 0 Å². The van der Waals surface area contributed by atoms with Crippen molar-refractivity contribution in [1.82, 2.24) is 5.32 Å². The minimum Gasteiger partial charge on any atom is -0.317 e. The van der Waals surface area contributed by atoms with E-state index in [2.05, 4.69) is 19.2 Å². The largest absolute Gasteiger partial charge is 0.317 e. The number of aldehydes is 1. The zero-order valence-electron chi connectivity index (χ0n) is 7.60. The summed E-state index contributed by atoms with van der Waals surface area (Å²) in [5.41, 5.74) is 0. The van der Waals surface area contributed by atoms with Crippen LogP contribution in [-0.4, -0.2) is 19.4 Å². The van der Waals surface area contributed by atoms with Crippen LogP contribution in [0.4, 0.5) is 0 Å². The molecule has 0 saturated heterocycles. The molecule has 0 rings (SSSR count). The van der Waals surface area contributed by atoms with Crippen LogP contribution < -0.4 is 5.32 Å². The fraction of sp³-hybridized carbons (Fsp3) is 0.889. The van der Waals surface area contributed by atoms with Gasteiger partial charge in [0, 0.05) is 6.42 Å². The zero-order chi connectivity index (χ0) is 8.53. The summed E-state index contributed by atoms with van der Waals surface area (Å²) in [6, 6.07) is 0. The fourth-order valence-corrected chi connectivity index (χ4v) is 1.02. The van der Waals surface area contributed by atoms with Crippen molar-refractivity contribution < 1.29 is 4.79 Å². The van der Waals surface area contributed by atoms with Gasteiger partial charge in [0.05, 0.1) is 0 Å². The first kappa shape index (κ1) is 10.6. The molecule has 0 amide bonds. The van der Waals surface area contributed by atoms with Crippen LogP contribution in [0, 0.1) is 5.92 Å². The first-order valence-corrected chi connectivity index (χ1v) is 4.45. The van der Waals surface area contributed by atoms with Crippen molar-refractivity contribution in [1.29, 1.82) is 0 Å². The molecule has 0 fully saturated rings. The second-order valence-corrected chi connectivity index (χ2v) is 2.99. The molecule has 0 heterocycles. The Kier molecular flexibility index (Phi) is 7.47. The van der Waals surface area contributed by atoms with E-state index in [0.29, 0.717) is 12.3 Å². The Morgan fingerprint density at radius 1 is 1.45 bits per heavy atom. The van der Waals surface area contributed by atoms with Crippen LogP contribution in [0.3, 0.4) is 0 Å². The highest BCUT2D eigenvalue weighted by molar-refractivity contribution is 5.49. The number of rotatable bonds is 7. The SMILES string of the molecule is CCNCCC(C)CCC=O. The summed E-state index contributed by atoms with van der Waals surface area (Å²) in [6.07, 6.45) is 3.94. The van der Waals surface area contributed by atoms with Gasteiger partial charge in [0.2, 0.25) is 0 Å². The second kappa shape index (κ2) is 7.73. The lowest BCUT2D eigenvalue weighted by molar-refractivity contribution is -0.108. The Hall–Kier alpha value is -0.370. The third-order valence-corrected chi connectivity index (χ3v) is 1.84. The van der Waals surface area contributed by atoms with Gasteiger partial charge < -0.3 is 10.1 Å². The Morgan fingerprint density at radius 3 is 2.73 bits per heavy atom. The molecule has 0 spiro atoms. The summed E-state index contributed by atoms with van der Waals surface area (Å²) < 4.78 is 0. The maximum atomic E-state index is 10.0. The van der Waals surface area contributed by atoms with E-state index in [1.54, 1.807) is 0 Å². The number of carbonyl (C=O) groups excluding carboxylic acids is 1. The van der Waals surface area contributed by atoms with E-state index in [1.165, 1.54) is 6.42 Å². The van der Waals surface area contributed by atoms with Crippen LogP contribution in [0.1, 0.15) is 33.1 Å². The molecular formula is C9H19NO. The molecule has 2 nitrogen and oxygen atoms in total. The van der Waals surface area contributed by atoms with Crippen molar-refractivity contribution >= 4 is 6.29 Å². The van der Waals surface area contributed by atoms with Crippen LogP contribution >= 0.6 is 0 Å². The molecule has 0 aromatic rings. The Morgan fingerprint density at radius 2 is 2.18 bits per heavy atom. The lowest BCUT2D eigenvalue weighted by Gasteiger charge is -2.08. The van der Waals surface area contributed by atoms with Crippen LogP contribution in [0.5, 0.6) is 0 Å². The van der Waals surface area contributed by atoms with Crippen molar-refractivity contribution in [2.75, 3.05) is 13.1 Å². The summed E-state index contributed by atoms with van der Waals surface area (Å²) in [6.45, 7) is 6.42. The number of hydrogen-bond acceptors (Lipinski definition) is 2. The smallest absolute Gasteiger partial charge is 0.120 e. The minimum absolute atomic E-state index is 0.680. The van der Waals surface area contributed by atoms with Crippen molar-refractivity contribution in [3.05, 3.63) is 0 Å². The van der Waals surface area contributed by atoms with E-state index < -0.39 is 0 Å². The molecule has 66 valence electrons. The second-order valence-electron chi connectivity index (χ2n) is 2.99. The fourth-order valence-electron chi connectivity index (χ4n) is 1.02. The highest BCUT2D eigenvalue weighted by atomic mass is 16.1. The summed E-state index contributed by atoms with van der Waals surface area (Å²) in [5.74, 6) is 0.680. The van der Waals surface area contributed by atoms with Gasteiger partial charge in [-0.1, -0.05) is 13.8 Å². The number of hydrogen-bond donors (Lipinski definition) is 1. The molecule has 0 saturated carbocycles. The number of nitrogens with one attached hydrogen (secondary N) is 1. The van der Waals surface area contributed by atoms with Crippen LogP contribution in [-0.2, 0) is 4.79 Å². The monoisotopic (exact) mass is 157 g/mol. The van der Waals surface area contributed by atoms with Crippen molar-refractivity contribution in [2.24, 2.45) is 5.92 Å². The van der Waals surface area contributed by atoms with Gasteiger partial charge >= 0.3 is 0 Å². The van der Waals surface area contributed by atoms with Crippen LogP contribution in [0.2, 0.25) is 0 Å². The highest BCUT2D eigenvalue weighted by Crippen LogP contribution is 2.07. The third-order valence-electron chi connectivity index (χ3n) is 1.84. The van der Waals surface area contributed by atoms with Crippen LogP contribution in [0.15, 0.2) is 0 Å². The maximum absolute atomic E-state index is 10.0. The van der Waals surface area contributed by atoms with E-state index in [-0.39, 0.29) is 0 Å². The molecule has 1 atom stereocenters. The predicted molar refractivity (Wildman–Crippen MR) is 47.6 cm³/mol. The van der Waals surface area contributed by atoms with E-state index in [9.17, 15) is 4.79 Å². The quantitative estimate of drug-likeness (QED) is 0.449. The third kappa shape index (κ3) is 7.53. The highest BCUT2D eigenvalue weighted by Gasteiger charge is 1.99. The Balaban J connectivity index is 3.08. The molecule has 1 unspecified atom stereocenters. The average molecular weight is 157 g/mol. The lowest BCUT2D eigenvalue weighted by atomic mass is 10.0. The summed E-state index contributed by atoms with van der Waals surface area (Å²) in [4.78, 5) is 10.0. The van der Waals surface area contributed by atoms with E-state index in [4.69, 9.17) is 0 Å². The minimum atomic E-state index is 0.680. The van der Waals surface area contributed by atoms with Gasteiger partial charge in [-0.05, 0) is 31.8 Å². The zero-order valence-corrected chi connectivity index (χ0v) is 7.60. The molecule has 11 heavy (non-hydrogen) atoms. The Labute approximate surface area is 69.4 Å². The standard InChI is InChI=1S/C9H19NO/c1-3-10-7-6-9(2)5-4-8-11/h8-10H,3-7H2,1-2H3. The van der Waals surface area contributed by atoms with Gasteiger partial charge in [0.1, 0.15) is 6.29 Å². The predicted octanol–water partition coefficient (Wildman–Crippen LogP) is 1.60. The first-order chi connectivity index (χ1) is 5.31. The van der Waals surface area contributed by atoms with Crippen LogP contribution in [0.25, 0.3) is 0 Å². The van der Waals surface area contributed by atoms with Gasteiger partial charge in [-0.2, -0.15) is 0 Å². The van der Waals surface area contributed by atoms with E-state index in [1.807, 2.05) is 0 Å². The van der Waals surface area contributed by atoms with Gasteiger partial charge in [0.25, 0.3) is 0 Å². The lowest BCUT2D eigenvalue weighted by Crippen LogP contribution is -2.16. The van der Waals surface area contributed by atoms with Gasteiger partial charge in [-0.3, -0.25) is 0 Å². The molecule has 0 radical (unpaired) electrons.